The molecule has 0 bridgehead atoms. The van der Waals surface area contributed by atoms with Crippen molar-refractivity contribution in [2.75, 3.05) is 30.4 Å². The minimum atomic E-state index is -0.486. The van der Waals surface area contributed by atoms with Crippen molar-refractivity contribution in [1.82, 2.24) is 19.2 Å². The van der Waals surface area contributed by atoms with Crippen LogP contribution in [0.15, 0.2) is 58.4 Å². The molecule has 41 heavy (non-hydrogen) atoms. The van der Waals surface area contributed by atoms with Gasteiger partial charge in [-0.25, -0.2) is 4.39 Å². The highest BCUT2D eigenvalue weighted by atomic mass is 19.1. The highest BCUT2D eigenvalue weighted by molar-refractivity contribution is 6.11. The van der Waals surface area contributed by atoms with Gasteiger partial charge in [-0.05, 0) is 49.4 Å². The standard InChI is InChI=1S/C30H33FN6O4/c1-34-14-18(10-24(30(34)40)32-28-13-20(17-41-3)35(2)33-28)22-11-19(31)12-26(23(22)16-38)36-8-9-37-25-7-5-4-6-21(25)29(39)27(37)15-36/h10-15,38H,4-9,16-17H2,1-3H3,(H,32,33). The summed E-state index contributed by atoms with van der Waals surface area (Å²) in [6.07, 6.45) is 7.20. The number of aliphatic hydroxyl groups excluding tert-OH is 1. The third kappa shape index (κ3) is 4.74. The van der Waals surface area contributed by atoms with Crippen molar-refractivity contribution in [3.05, 3.63) is 81.1 Å². The molecule has 3 aromatic rings. The normalized spacial score (nSPS) is 16.7. The van der Waals surface area contributed by atoms with E-state index in [1.165, 1.54) is 16.7 Å². The maximum Gasteiger partial charge on any atom is 0.274 e. The largest absolute Gasteiger partial charge is 0.392 e. The van der Waals surface area contributed by atoms with Crippen LogP contribution >= 0.6 is 0 Å². The lowest BCUT2D eigenvalue weighted by Gasteiger charge is -2.35. The fraction of sp³-hybridized carbons (Fsp3) is 0.367. The summed E-state index contributed by atoms with van der Waals surface area (Å²) < 4.78 is 23.5. The Kier molecular flexibility index (Phi) is 7.00. The summed E-state index contributed by atoms with van der Waals surface area (Å²) in [7, 11) is 5.00. The van der Waals surface area contributed by atoms with Gasteiger partial charge in [0.05, 0.1) is 18.9 Å². The van der Waals surface area contributed by atoms with E-state index in [4.69, 9.17) is 4.74 Å². The summed E-state index contributed by atoms with van der Waals surface area (Å²) >= 11 is 0. The number of benzene rings is 1. The Morgan fingerprint density at radius 2 is 1.90 bits per heavy atom. The van der Waals surface area contributed by atoms with Gasteiger partial charge in [0.15, 0.2) is 5.82 Å². The molecule has 0 saturated carbocycles. The van der Waals surface area contributed by atoms with Gasteiger partial charge >= 0.3 is 0 Å². The molecule has 2 aromatic heterocycles. The van der Waals surface area contributed by atoms with Crippen molar-refractivity contribution >= 4 is 23.0 Å². The van der Waals surface area contributed by atoms with Crippen molar-refractivity contribution in [2.45, 2.75) is 38.9 Å². The number of Topliss-reactive ketones (excluding diaryl/α,β-unsaturated/α-hetero) is 1. The monoisotopic (exact) mass is 560 g/mol. The summed E-state index contributed by atoms with van der Waals surface area (Å²) in [6, 6.07) is 6.18. The lowest BCUT2D eigenvalue weighted by Crippen LogP contribution is -2.37. The Labute approximate surface area is 236 Å². The first-order valence-electron chi connectivity index (χ1n) is 13.7. The van der Waals surface area contributed by atoms with Crippen molar-refractivity contribution < 1.29 is 19.0 Å². The van der Waals surface area contributed by atoms with E-state index in [2.05, 4.69) is 15.3 Å². The van der Waals surface area contributed by atoms with Crippen molar-refractivity contribution in [1.29, 1.82) is 0 Å². The Balaban J connectivity index is 1.38. The van der Waals surface area contributed by atoms with E-state index in [-0.39, 0.29) is 23.6 Å². The zero-order chi connectivity index (χ0) is 28.8. The molecule has 0 spiro atoms. The van der Waals surface area contributed by atoms with Crippen molar-refractivity contribution in [2.24, 2.45) is 14.1 Å². The van der Waals surface area contributed by atoms with Gasteiger partial charge in [0.25, 0.3) is 5.56 Å². The highest BCUT2D eigenvalue weighted by Gasteiger charge is 2.38. The van der Waals surface area contributed by atoms with Gasteiger partial charge in [-0.15, -0.1) is 0 Å². The minimum Gasteiger partial charge on any atom is -0.392 e. The number of ketones is 1. The first-order chi connectivity index (χ1) is 19.8. The molecule has 1 aromatic carbocycles. The van der Waals surface area contributed by atoms with Crippen LogP contribution in [-0.4, -0.2) is 50.3 Å². The third-order valence-corrected chi connectivity index (χ3v) is 8.09. The molecule has 4 heterocycles. The number of hydrogen-bond acceptors (Lipinski definition) is 8. The second kappa shape index (κ2) is 10.6. The van der Waals surface area contributed by atoms with E-state index in [0.29, 0.717) is 53.6 Å². The van der Waals surface area contributed by atoms with E-state index >= 15 is 4.39 Å². The van der Waals surface area contributed by atoms with E-state index in [0.717, 1.165) is 42.6 Å². The SMILES string of the molecule is COCc1cc(Nc2cc(-c3cc(F)cc(N4C=C5C(=O)C6=C(CCCC6)N5CC4)c3CO)cn(C)c2=O)nn1C. The van der Waals surface area contributed by atoms with Crippen LogP contribution < -0.4 is 15.8 Å². The van der Waals surface area contributed by atoms with Gasteiger partial charge in [-0.1, -0.05) is 0 Å². The molecule has 2 aliphatic heterocycles. The van der Waals surface area contributed by atoms with Crippen LogP contribution in [0.3, 0.4) is 0 Å². The van der Waals surface area contributed by atoms with Gasteiger partial charge in [0, 0.05) is 80.8 Å². The molecule has 11 heteroatoms. The Morgan fingerprint density at radius 3 is 2.68 bits per heavy atom. The van der Waals surface area contributed by atoms with Gasteiger partial charge in [-0.3, -0.25) is 14.3 Å². The average molecular weight is 561 g/mol. The number of nitrogens with one attached hydrogen (secondary N) is 1. The molecule has 6 rings (SSSR count). The van der Waals surface area contributed by atoms with Gasteiger partial charge < -0.3 is 29.5 Å². The fourth-order valence-electron chi connectivity index (χ4n) is 6.09. The highest BCUT2D eigenvalue weighted by Crippen LogP contribution is 2.41. The number of rotatable bonds is 7. The van der Waals surface area contributed by atoms with Crippen LogP contribution in [0.5, 0.6) is 0 Å². The molecule has 3 aliphatic rings. The zero-order valence-corrected chi connectivity index (χ0v) is 23.4. The predicted molar refractivity (Wildman–Crippen MR) is 153 cm³/mol. The quantitative estimate of drug-likeness (QED) is 0.451. The number of methoxy groups -OCH3 is 1. The molecule has 0 unspecified atom stereocenters. The summed E-state index contributed by atoms with van der Waals surface area (Å²) in [5.74, 6) is 0.0298. The molecule has 0 fully saturated rings. The van der Waals surface area contributed by atoms with Gasteiger partial charge in [0.2, 0.25) is 5.78 Å². The van der Waals surface area contributed by atoms with E-state index in [1.54, 1.807) is 50.4 Å². The fourth-order valence-corrected chi connectivity index (χ4v) is 6.09. The number of carbonyl (C=O) groups is 1. The van der Waals surface area contributed by atoms with Gasteiger partial charge in [0.1, 0.15) is 17.2 Å². The first-order valence-corrected chi connectivity index (χ1v) is 13.7. The Morgan fingerprint density at radius 1 is 1.10 bits per heavy atom. The molecular weight excluding hydrogens is 527 g/mol. The number of ether oxygens (including phenoxy) is 1. The van der Waals surface area contributed by atoms with Crippen molar-refractivity contribution in [3.63, 3.8) is 0 Å². The van der Waals surface area contributed by atoms with Crippen molar-refractivity contribution in [3.8, 4) is 11.1 Å². The van der Waals surface area contributed by atoms with E-state index in [9.17, 15) is 14.7 Å². The number of allylic oxidation sites excluding steroid dienone is 2. The van der Waals surface area contributed by atoms with E-state index in [1.807, 2.05) is 4.90 Å². The predicted octanol–water partition coefficient (Wildman–Crippen LogP) is 3.68. The number of aryl methyl sites for hydroxylation is 2. The molecule has 0 amide bonds. The topological polar surface area (TPSA) is 105 Å². The first kappa shape index (κ1) is 27.0. The maximum absolute atomic E-state index is 15.2. The summed E-state index contributed by atoms with van der Waals surface area (Å²) in [5, 5.41) is 18.0. The lowest BCUT2D eigenvalue weighted by molar-refractivity contribution is -0.112. The number of halogens is 1. The number of pyridine rings is 1. The lowest BCUT2D eigenvalue weighted by atomic mass is 9.96. The second-order valence-corrected chi connectivity index (χ2v) is 10.7. The van der Waals surface area contributed by atoms with Crippen LogP contribution in [0, 0.1) is 5.82 Å². The van der Waals surface area contributed by atoms with Crippen LogP contribution in [-0.2, 0) is 36.8 Å². The summed E-state index contributed by atoms with van der Waals surface area (Å²) in [4.78, 5) is 30.2. The molecule has 10 nitrogen and oxygen atoms in total. The van der Waals surface area contributed by atoms with Gasteiger partial charge in [-0.2, -0.15) is 5.10 Å². The second-order valence-electron chi connectivity index (χ2n) is 10.7. The molecule has 214 valence electrons. The third-order valence-electron chi connectivity index (χ3n) is 8.09. The Hall–Kier alpha value is -4.22. The molecule has 0 radical (unpaired) electrons. The zero-order valence-electron chi connectivity index (χ0n) is 23.4. The van der Waals surface area contributed by atoms with Crippen LogP contribution in [0.4, 0.5) is 21.6 Å². The maximum atomic E-state index is 15.2. The number of hydrogen-bond donors (Lipinski definition) is 2. The number of nitrogens with zero attached hydrogens (tertiary/aromatic N) is 5. The molecule has 2 N–H and O–H groups in total. The Bertz CT molecular complexity index is 1670. The smallest absolute Gasteiger partial charge is 0.274 e. The number of aromatic nitrogens is 3. The van der Waals surface area contributed by atoms with Crippen LogP contribution in [0.1, 0.15) is 36.9 Å². The number of aliphatic hydroxyl groups is 1. The van der Waals surface area contributed by atoms with Crippen LogP contribution in [0.2, 0.25) is 0 Å². The molecule has 1 aliphatic carbocycles. The average Bonchev–Trinajstić information content (AvgIpc) is 3.46. The summed E-state index contributed by atoms with van der Waals surface area (Å²) in [5.41, 5.74) is 5.43. The molecule has 0 saturated heterocycles. The van der Waals surface area contributed by atoms with E-state index < -0.39 is 5.82 Å². The summed E-state index contributed by atoms with van der Waals surface area (Å²) in [6.45, 7) is 1.15. The minimum absolute atomic E-state index is 0.0449. The number of fused-ring (bicyclic) bond motifs is 2. The molecular formula is C30H33FN6O4. The number of anilines is 3. The number of carbonyl (C=O) groups excluding carboxylic acids is 1. The molecule has 0 atom stereocenters. The van der Waals surface area contributed by atoms with Crippen LogP contribution in [0.25, 0.3) is 11.1 Å².